The van der Waals surface area contributed by atoms with Crippen molar-refractivity contribution in [3.8, 4) is 5.75 Å². The molecule has 0 N–H and O–H groups in total. The lowest BCUT2D eigenvalue weighted by Gasteiger charge is -2.37. The first-order chi connectivity index (χ1) is 16.8. The van der Waals surface area contributed by atoms with E-state index in [1.54, 1.807) is 0 Å². The van der Waals surface area contributed by atoms with E-state index in [2.05, 4.69) is 74.7 Å². The van der Waals surface area contributed by atoms with E-state index in [1.807, 2.05) is 54.6 Å². The van der Waals surface area contributed by atoms with Crippen LogP contribution in [0.2, 0.25) is 5.02 Å². The van der Waals surface area contributed by atoms with Crippen molar-refractivity contribution in [2.75, 3.05) is 0 Å². The van der Waals surface area contributed by atoms with Gasteiger partial charge >= 0.3 is 0 Å². The summed E-state index contributed by atoms with van der Waals surface area (Å²) < 4.78 is 14.7. The Morgan fingerprint density at radius 2 is 1.46 bits per heavy atom. The Labute approximate surface area is 212 Å². The lowest BCUT2D eigenvalue weighted by Crippen LogP contribution is -2.27. The van der Waals surface area contributed by atoms with Crippen LogP contribution >= 0.6 is 18.9 Å². The maximum absolute atomic E-state index is 6.98. The van der Waals surface area contributed by atoms with Crippen molar-refractivity contribution in [3.63, 3.8) is 0 Å². The highest BCUT2D eigenvalue weighted by atomic mass is 35.5. The zero-order valence-corrected chi connectivity index (χ0v) is 22.2. The zero-order chi connectivity index (χ0) is 24.6. The Hall–Kier alpha value is -3.00. The van der Waals surface area contributed by atoms with E-state index in [1.165, 1.54) is 21.8 Å². The molecule has 1 atom stereocenters. The molecule has 0 unspecified atom stereocenters. The molecular weight excluding hydrogens is 471 g/mol. The standard InChI is InChI=1S/C30H30ClN2OP/c1-5-33-28-18-12-9-15-24(28)25-21-23(19-20-29(25)33)35(30(2,3)4,34-22-13-7-6-8-14-22)32-27-17-11-10-16-26(27)31/h6-21H,5H2,1-4H3/t35-/m0/s1. The Morgan fingerprint density at radius 3 is 2.17 bits per heavy atom. The number of benzene rings is 4. The molecular formula is C30H30ClN2OP. The SMILES string of the molecule is CCn1c2ccccc2c2cc([P@](=Nc3ccccc3Cl)(Oc3ccccc3)C(C)(C)C)ccc21. The number of rotatable bonds is 5. The molecule has 5 heteroatoms. The van der Waals surface area contributed by atoms with Crippen molar-refractivity contribution in [2.45, 2.75) is 39.4 Å². The summed E-state index contributed by atoms with van der Waals surface area (Å²) in [6.45, 7) is 9.74. The largest absolute Gasteiger partial charge is 0.455 e. The van der Waals surface area contributed by atoms with Crippen molar-refractivity contribution in [1.82, 2.24) is 4.57 Å². The van der Waals surface area contributed by atoms with Crippen LogP contribution in [0.1, 0.15) is 27.7 Å². The van der Waals surface area contributed by atoms with E-state index in [0.717, 1.165) is 23.3 Å². The minimum absolute atomic E-state index is 0.293. The van der Waals surface area contributed by atoms with Crippen molar-refractivity contribution in [3.05, 3.63) is 102 Å². The van der Waals surface area contributed by atoms with Gasteiger partial charge in [0.25, 0.3) is 0 Å². The second-order valence-electron chi connectivity index (χ2n) is 9.67. The summed E-state index contributed by atoms with van der Waals surface area (Å²) in [4.78, 5) is 0. The molecule has 0 amide bonds. The lowest BCUT2D eigenvalue weighted by molar-refractivity contribution is 0.571. The topological polar surface area (TPSA) is 26.5 Å². The van der Waals surface area contributed by atoms with Gasteiger partial charge in [-0.3, -0.25) is 0 Å². The van der Waals surface area contributed by atoms with Crippen molar-refractivity contribution in [2.24, 2.45) is 4.74 Å². The molecule has 0 bridgehead atoms. The summed E-state index contributed by atoms with van der Waals surface area (Å²) in [6.07, 6.45) is 0. The molecule has 1 aromatic heterocycles. The molecule has 5 rings (SSSR count). The number of halogens is 1. The van der Waals surface area contributed by atoms with E-state index >= 15 is 0 Å². The number of aromatic nitrogens is 1. The monoisotopic (exact) mass is 500 g/mol. The average Bonchev–Trinajstić information content (AvgIpc) is 3.18. The van der Waals surface area contributed by atoms with Gasteiger partial charge in [-0.15, -0.1) is 0 Å². The van der Waals surface area contributed by atoms with E-state index in [0.29, 0.717) is 5.02 Å². The Kier molecular flexibility index (Phi) is 6.25. The van der Waals surface area contributed by atoms with Crippen LogP contribution in [-0.4, -0.2) is 9.72 Å². The predicted octanol–water partition coefficient (Wildman–Crippen LogP) is 9.42. The van der Waals surface area contributed by atoms with E-state index in [4.69, 9.17) is 20.9 Å². The predicted molar refractivity (Wildman–Crippen MR) is 152 cm³/mol. The molecule has 5 aromatic rings. The molecule has 0 fully saturated rings. The maximum atomic E-state index is 6.98. The number of hydrogen-bond acceptors (Lipinski definition) is 2. The fraction of sp³-hybridized carbons (Fsp3) is 0.200. The van der Waals surface area contributed by atoms with Crippen molar-refractivity contribution < 1.29 is 4.52 Å². The van der Waals surface area contributed by atoms with Crippen molar-refractivity contribution >= 4 is 51.7 Å². The van der Waals surface area contributed by atoms with Gasteiger partial charge in [0.2, 0.25) is 0 Å². The zero-order valence-electron chi connectivity index (χ0n) is 20.6. The van der Waals surface area contributed by atoms with Crippen LogP contribution in [0.25, 0.3) is 21.8 Å². The fourth-order valence-electron chi connectivity index (χ4n) is 4.69. The molecule has 0 radical (unpaired) electrons. The van der Waals surface area contributed by atoms with E-state index < -0.39 is 7.28 Å². The number of para-hydroxylation sites is 2. The second-order valence-corrected chi connectivity index (χ2v) is 13.5. The van der Waals surface area contributed by atoms with Crippen LogP contribution < -0.4 is 9.83 Å². The third-order valence-corrected chi connectivity index (χ3v) is 10.5. The first-order valence-corrected chi connectivity index (χ1v) is 14.0. The lowest BCUT2D eigenvalue weighted by atomic mass is 10.1. The smallest absolute Gasteiger partial charge is 0.173 e. The quantitative estimate of drug-likeness (QED) is 0.221. The first-order valence-electron chi connectivity index (χ1n) is 12.0. The fourth-order valence-corrected chi connectivity index (χ4v) is 8.03. The number of fused-ring (bicyclic) bond motifs is 3. The summed E-state index contributed by atoms with van der Waals surface area (Å²) in [7, 11) is -2.65. The van der Waals surface area contributed by atoms with Gasteiger partial charge in [0.05, 0.1) is 10.7 Å². The second kappa shape index (κ2) is 9.22. The van der Waals surface area contributed by atoms with Gasteiger partial charge in [-0.05, 0) is 55.5 Å². The van der Waals surface area contributed by atoms with Crippen LogP contribution in [0.4, 0.5) is 5.69 Å². The molecule has 0 aliphatic carbocycles. The van der Waals surface area contributed by atoms with Crippen LogP contribution in [0.3, 0.4) is 0 Å². The van der Waals surface area contributed by atoms with E-state index in [-0.39, 0.29) is 5.16 Å². The Bertz CT molecular complexity index is 1560. The summed E-state index contributed by atoms with van der Waals surface area (Å²) in [5.41, 5.74) is 3.22. The van der Waals surface area contributed by atoms with Gasteiger partial charge in [0.15, 0.2) is 7.28 Å². The molecule has 0 saturated carbocycles. The number of hydrogen-bond donors (Lipinski definition) is 0. The molecule has 4 aromatic carbocycles. The summed E-state index contributed by atoms with van der Waals surface area (Å²) >= 11 is 6.63. The highest BCUT2D eigenvalue weighted by Crippen LogP contribution is 2.62. The van der Waals surface area contributed by atoms with Gasteiger partial charge in [0.1, 0.15) is 5.75 Å². The van der Waals surface area contributed by atoms with Gasteiger partial charge in [-0.25, -0.2) is 4.74 Å². The molecule has 0 spiro atoms. The third-order valence-electron chi connectivity index (χ3n) is 6.41. The summed E-state index contributed by atoms with van der Waals surface area (Å²) in [6, 6.07) is 33.1. The molecule has 1 heterocycles. The molecule has 3 nitrogen and oxygen atoms in total. The highest BCUT2D eigenvalue weighted by molar-refractivity contribution is 7.71. The molecule has 0 aliphatic heterocycles. The summed E-state index contributed by atoms with van der Waals surface area (Å²) in [5, 5.41) is 3.90. The van der Waals surface area contributed by atoms with Gasteiger partial charge in [-0.1, -0.05) is 80.9 Å². The molecule has 35 heavy (non-hydrogen) atoms. The molecule has 178 valence electrons. The first kappa shape index (κ1) is 23.7. The summed E-state index contributed by atoms with van der Waals surface area (Å²) in [5.74, 6) is 0.808. The maximum Gasteiger partial charge on any atom is 0.173 e. The van der Waals surface area contributed by atoms with Crippen LogP contribution in [0.15, 0.2) is 102 Å². The minimum Gasteiger partial charge on any atom is -0.455 e. The molecule has 0 saturated heterocycles. The normalized spacial score (nSPS) is 13.6. The van der Waals surface area contributed by atoms with Crippen LogP contribution in [-0.2, 0) is 6.54 Å². The number of nitrogens with zero attached hydrogens (tertiary/aromatic N) is 2. The van der Waals surface area contributed by atoms with Crippen LogP contribution in [0.5, 0.6) is 5.75 Å². The molecule has 0 aliphatic rings. The van der Waals surface area contributed by atoms with Gasteiger partial charge in [-0.2, -0.15) is 0 Å². The van der Waals surface area contributed by atoms with Gasteiger partial charge < -0.3 is 9.09 Å². The third kappa shape index (κ3) is 4.18. The Morgan fingerprint density at radius 1 is 0.800 bits per heavy atom. The van der Waals surface area contributed by atoms with Crippen LogP contribution in [0, 0.1) is 0 Å². The Balaban J connectivity index is 1.86. The van der Waals surface area contributed by atoms with E-state index in [9.17, 15) is 0 Å². The van der Waals surface area contributed by atoms with Crippen molar-refractivity contribution in [1.29, 1.82) is 0 Å². The minimum atomic E-state index is -2.65. The van der Waals surface area contributed by atoms with Gasteiger partial charge in [0, 0.05) is 38.8 Å². The number of aryl methyl sites for hydroxylation is 1. The average molecular weight is 501 g/mol. The highest BCUT2D eigenvalue weighted by Gasteiger charge is 2.39.